The molecule has 0 aliphatic heterocycles. The van der Waals surface area contributed by atoms with E-state index in [4.69, 9.17) is 9.52 Å². The molecule has 0 spiro atoms. The fourth-order valence-electron chi connectivity index (χ4n) is 1.99. The van der Waals surface area contributed by atoms with Crippen LogP contribution in [0.3, 0.4) is 0 Å². The third kappa shape index (κ3) is 3.68. The Balaban J connectivity index is 2.03. The molecule has 2 aromatic heterocycles. The van der Waals surface area contributed by atoms with E-state index < -0.39 is 5.97 Å². The van der Waals surface area contributed by atoms with Gasteiger partial charge in [0.05, 0.1) is 12.2 Å². The van der Waals surface area contributed by atoms with E-state index in [-0.39, 0.29) is 5.76 Å². The molecule has 5 heteroatoms. The van der Waals surface area contributed by atoms with Gasteiger partial charge in [0.25, 0.3) is 0 Å². The number of hydrogen-bond donors (Lipinski definition) is 1. The lowest BCUT2D eigenvalue weighted by molar-refractivity contribution is 0.0658. The van der Waals surface area contributed by atoms with E-state index in [0.717, 1.165) is 17.9 Å². The first-order chi connectivity index (χ1) is 9.58. The molecule has 0 amide bonds. The predicted octanol–water partition coefficient (Wildman–Crippen LogP) is 2.70. The minimum absolute atomic E-state index is 0.0234. The molecule has 1 N–H and O–H groups in total. The summed E-state index contributed by atoms with van der Waals surface area (Å²) in [6, 6.07) is 9.12. The lowest BCUT2D eigenvalue weighted by Gasteiger charge is -2.18. The minimum atomic E-state index is -1.04. The third-order valence-corrected chi connectivity index (χ3v) is 3.03. The summed E-state index contributed by atoms with van der Waals surface area (Å²) in [7, 11) is 0. The van der Waals surface area contributed by atoms with E-state index in [2.05, 4.69) is 16.8 Å². The van der Waals surface area contributed by atoms with Gasteiger partial charge in [0.2, 0.25) is 5.76 Å². The summed E-state index contributed by atoms with van der Waals surface area (Å²) in [5.41, 5.74) is 1.99. The second-order valence-corrected chi connectivity index (χ2v) is 4.64. The minimum Gasteiger partial charge on any atom is -0.475 e. The van der Waals surface area contributed by atoms with Gasteiger partial charge < -0.3 is 9.52 Å². The first-order valence-electron chi connectivity index (χ1n) is 6.55. The van der Waals surface area contributed by atoms with E-state index >= 15 is 0 Å². The number of aryl methyl sites for hydroxylation is 1. The van der Waals surface area contributed by atoms with Crippen LogP contribution in [0.15, 0.2) is 34.7 Å². The zero-order valence-corrected chi connectivity index (χ0v) is 11.7. The number of rotatable bonds is 6. The third-order valence-electron chi connectivity index (χ3n) is 3.03. The van der Waals surface area contributed by atoms with Crippen LogP contribution < -0.4 is 0 Å². The van der Waals surface area contributed by atoms with Crippen LogP contribution in [0.2, 0.25) is 0 Å². The molecular formula is C15H18N2O3. The normalized spacial score (nSPS) is 10.9. The molecule has 0 aromatic carbocycles. The number of carboxylic acid groups (broad SMARTS) is 1. The fraction of sp³-hybridized carbons (Fsp3) is 0.333. The number of aromatic carboxylic acids is 1. The molecule has 2 aromatic rings. The average molecular weight is 274 g/mol. The predicted molar refractivity (Wildman–Crippen MR) is 74.4 cm³/mol. The highest BCUT2D eigenvalue weighted by Crippen LogP contribution is 2.12. The molecular weight excluding hydrogens is 256 g/mol. The zero-order valence-electron chi connectivity index (χ0n) is 11.7. The first kappa shape index (κ1) is 14.3. The number of nitrogens with zero attached hydrogens (tertiary/aromatic N) is 2. The Morgan fingerprint density at radius 2 is 2.10 bits per heavy atom. The van der Waals surface area contributed by atoms with Crippen LogP contribution in [0.4, 0.5) is 0 Å². The van der Waals surface area contributed by atoms with E-state index in [0.29, 0.717) is 18.8 Å². The monoisotopic (exact) mass is 274 g/mol. The number of pyridine rings is 1. The Kier molecular flexibility index (Phi) is 4.53. The van der Waals surface area contributed by atoms with Crippen molar-refractivity contribution in [3.63, 3.8) is 0 Å². The maximum Gasteiger partial charge on any atom is 0.371 e. The topological polar surface area (TPSA) is 66.6 Å². The number of hydrogen-bond acceptors (Lipinski definition) is 4. The van der Waals surface area contributed by atoms with Crippen molar-refractivity contribution in [1.29, 1.82) is 0 Å². The van der Waals surface area contributed by atoms with Gasteiger partial charge in [-0.1, -0.05) is 13.0 Å². The van der Waals surface area contributed by atoms with Crippen LogP contribution in [0.25, 0.3) is 0 Å². The second-order valence-electron chi connectivity index (χ2n) is 4.64. The first-order valence-corrected chi connectivity index (χ1v) is 6.55. The number of carbonyl (C=O) groups is 1. The molecule has 0 radical (unpaired) electrons. The highest BCUT2D eigenvalue weighted by molar-refractivity contribution is 5.84. The van der Waals surface area contributed by atoms with Gasteiger partial charge in [0.1, 0.15) is 5.76 Å². The van der Waals surface area contributed by atoms with Gasteiger partial charge in [-0.05, 0) is 37.7 Å². The second kappa shape index (κ2) is 6.34. The summed E-state index contributed by atoms with van der Waals surface area (Å²) < 4.78 is 5.28. The zero-order chi connectivity index (χ0) is 14.5. The molecule has 0 saturated carbocycles. The molecule has 0 aliphatic carbocycles. The van der Waals surface area contributed by atoms with Crippen molar-refractivity contribution in [2.45, 2.75) is 26.9 Å². The van der Waals surface area contributed by atoms with Crippen molar-refractivity contribution < 1.29 is 14.3 Å². The van der Waals surface area contributed by atoms with Crippen LogP contribution in [-0.4, -0.2) is 27.5 Å². The standard InChI is InChI=1S/C15H18N2O3/c1-3-17(9-12-6-4-5-11(2)16-12)10-13-7-8-14(20-13)15(18)19/h4-8H,3,9-10H2,1-2H3,(H,18,19). The van der Waals surface area contributed by atoms with Gasteiger partial charge in [-0.25, -0.2) is 4.79 Å². The van der Waals surface area contributed by atoms with Gasteiger partial charge in [0.15, 0.2) is 0 Å². The molecule has 0 saturated heterocycles. The van der Waals surface area contributed by atoms with Crippen molar-refractivity contribution in [3.05, 3.63) is 53.2 Å². The molecule has 5 nitrogen and oxygen atoms in total. The summed E-state index contributed by atoms with van der Waals surface area (Å²) in [6.07, 6.45) is 0. The van der Waals surface area contributed by atoms with E-state index in [1.165, 1.54) is 6.07 Å². The van der Waals surface area contributed by atoms with Crippen molar-refractivity contribution in [1.82, 2.24) is 9.88 Å². The highest BCUT2D eigenvalue weighted by atomic mass is 16.4. The Bertz CT molecular complexity index is 592. The SMILES string of the molecule is CCN(Cc1cccc(C)n1)Cc1ccc(C(=O)O)o1. The number of aromatic nitrogens is 1. The maximum atomic E-state index is 10.8. The van der Waals surface area contributed by atoms with Crippen LogP contribution >= 0.6 is 0 Å². The number of carboxylic acids is 1. The van der Waals surface area contributed by atoms with Gasteiger partial charge in [-0.15, -0.1) is 0 Å². The lowest BCUT2D eigenvalue weighted by atomic mass is 10.3. The summed E-state index contributed by atoms with van der Waals surface area (Å²) in [5, 5.41) is 8.84. The molecule has 2 heterocycles. The molecule has 0 unspecified atom stereocenters. The van der Waals surface area contributed by atoms with Gasteiger partial charge in [-0.2, -0.15) is 0 Å². The Labute approximate surface area is 117 Å². The van der Waals surface area contributed by atoms with E-state index in [1.54, 1.807) is 6.07 Å². The van der Waals surface area contributed by atoms with Gasteiger partial charge in [0, 0.05) is 12.2 Å². The fourth-order valence-corrected chi connectivity index (χ4v) is 1.99. The Morgan fingerprint density at radius 1 is 1.30 bits per heavy atom. The quantitative estimate of drug-likeness (QED) is 0.877. The van der Waals surface area contributed by atoms with Crippen LogP contribution in [-0.2, 0) is 13.1 Å². The number of furan rings is 1. The summed E-state index contributed by atoms with van der Waals surface area (Å²) in [5.74, 6) is -0.415. The molecule has 0 bridgehead atoms. The molecule has 20 heavy (non-hydrogen) atoms. The van der Waals surface area contributed by atoms with Crippen molar-refractivity contribution in [2.75, 3.05) is 6.54 Å². The van der Waals surface area contributed by atoms with E-state index in [9.17, 15) is 4.79 Å². The van der Waals surface area contributed by atoms with E-state index in [1.807, 2.05) is 25.1 Å². The average Bonchev–Trinajstić information content (AvgIpc) is 2.87. The molecule has 0 atom stereocenters. The van der Waals surface area contributed by atoms with Crippen LogP contribution in [0.5, 0.6) is 0 Å². The maximum absolute atomic E-state index is 10.8. The molecule has 0 aliphatic rings. The summed E-state index contributed by atoms with van der Waals surface area (Å²) in [4.78, 5) is 17.4. The van der Waals surface area contributed by atoms with Gasteiger partial charge in [-0.3, -0.25) is 9.88 Å². The Hall–Kier alpha value is -2.14. The van der Waals surface area contributed by atoms with Crippen LogP contribution in [0.1, 0.15) is 34.6 Å². The smallest absolute Gasteiger partial charge is 0.371 e. The van der Waals surface area contributed by atoms with Crippen LogP contribution in [0, 0.1) is 6.92 Å². The summed E-state index contributed by atoms with van der Waals surface area (Å²) >= 11 is 0. The molecule has 0 fully saturated rings. The highest BCUT2D eigenvalue weighted by Gasteiger charge is 2.12. The molecule has 106 valence electrons. The Morgan fingerprint density at radius 3 is 2.70 bits per heavy atom. The summed E-state index contributed by atoms with van der Waals surface area (Å²) in [6.45, 7) is 6.13. The van der Waals surface area contributed by atoms with Crippen molar-refractivity contribution in [3.8, 4) is 0 Å². The lowest BCUT2D eigenvalue weighted by Crippen LogP contribution is -2.22. The van der Waals surface area contributed by atoms with Gasteiger partial charge >= 0.3 is 5.97 Å². The van der Waals surface area contributed by atoms with Crippen molar-refractivity contribution >= 4 is 5.97 Å². The largest absolute Gasteiger partial charge is 0.475 e. The van der Waals surface area contributed by atoms with Crippen molar-refractivity contribution in [2.24, 2.45) is 0 Å². The molecule has 2 rings (SSSR count).